The number of halogens is 3. The lowest BCUT2D eigenvalue weighted by atomic mass is 10.1. The molecule has 28 heavy (non-hydrogen) atoms. The van der Waals surface area contributed by atoms with Gasteiger partial charge in [-0.05, 0) is 75.8 Å². The van der Waals surface area contributed by atoms with E-state index in [9.17, 15) is 14.0 Å². The maximum absolute atomic E-state index is 13.2. The largest absolute Gasteiger partial charge is 0.493 e. The first kappa shape index (κ1) is 20.9. The lowest BCUT2D eigenvalue weighted by molar-refractivity contribution is -0.123. The number of carbonyl (C=O) groups is 2. The highest BCUT2D eigenvalue weighted by Gasteiger charge is 2.35. The highest BCUT2D eigenvalue weighted by Crippen LogP contribution is 2.37. The van der Waals surface area contributed by atoms with Crippen LogP contribution in [0.25, 0.3) is 6.08 Å². The number of carbonyl (C=O) groups excluding carboxylic acids is 2. The summed E-state index contributed by atoms with van der Waals surface area (Å²) in [5.41, 5.74) is 1.19. The van der Waals surface area contributed by atoms with E-state index < -0.39 is 17.0 Å². The number of rotatable bonds is 5. The van der Waals surface area contributed by atoms with E-state index in [0.29, 0.717) is 22.6 Å². The fraction of sp³-hybridized carbons (Fsp3) is 0.158. The Morgan fingerprint density at radius 1 is 1.21 bits per heavy atom. The molecule has 1 aliphatic rings. The van der Waals surface area contributed by atoms with Crippen molar-refractivity contribution in [3.05, 3.63) is 60.8 Å². The van der Waals surface area contributed by atoms with Crippen molar-refractivity contribution >= 4 is 63.2 Å². The molecule has 2 amide bonds. The minimum Gasteiger partial charge on any atom is -0.493 e. The van der Waals surface area contributed by atoms with Crippen molar-refractivity contribution in [2.24, 2.45) is 0 Å². The average Bonchev–Trinajstić information content (AvgIpc) is 2.90. The molecule has 0 aromatic heterocycles. The summed E-state index contributed by atoms with van der Waals surface area (Å²) < 4.78 is 24.6. The van der Waals surface area contributed by atoms with E-state index >= 15 is 0 Å². The Hall–Kier alpha value is -1.78. The predicted molar refractivity (Wildman–Crippen MR) is 115 cm³/mol. The first-order chi connectivity index (χ1) is 13.3. The molecule has 5 nitrogen and oxygen atoms in total. The van der Waals surface area contributed by atoms with Crippen molar-refractivity contribution < 1.29 is 23.5 Å². The smallest absolute Gasteiger partial charge is 0.293 e. The molecule has 0 aliphatic carbocycles. The number of thioether (sulfide) groups is 1. The highest BCUT2D eigenvalue weighted by atomic mass is 127. The van der Waals surface area contributed by atoms with E-state index in [4.69, 9.17) is 21.1 Å². The minimum atomic E-state index is -0.481. The summed E-state index contributed by atoms with van der Waals surface area (Å²) in [4.78, 5) is 26.4. The number of methoxy groups -OCH3 is 2. The summed E-state index contributed by atoms with van der Waals surface area (Å²) in [5, 5.41) is -0.246. The molecule has 0 atom stereocenters. The SMILES string of the molecule is COc1cc(/C=C2\SC(=O)N(Cc3ccc(F)cc3Cl)C2=O)cc(I)c1OC. The number of nitrogens with zero attached hydrogens (tertiary/aromatic N) is 1. The normalized spacial score (nSPS) is 15.5. The van der Waals surface area contributed by atoms with Crippen LogP contribution in [0.4, 0.5) is 9.18 Å². The summed E-state index contributed by atoms with van der Waals surface area (Å²) in [5.74, 6) is 0.211. The molecule has 1 saturated heterocycles. The third-order valence-electron chi connectivity index (χ3n) is 3.97. The van der Waals surface area contributed by atoms with E-state index in [2.05, 4.69) is 22.6 Å². The topological polar surface area (TPSA) is 55.8 Å². The lowest BCUT2D eigenvalue weighted by Crippen LogP contribution is -2.27. The summed E-state index contributed by atoms with van der Waals surface area (Å²) in [7, 11) is 3.07. The zero-order valence-corrected chi connectivity index (χ0v) is 18.5. The third-order valence-corrected chi connectivity index (χ3v) is 6.03. The van der Waals surface area contributed by atoms with Crippen molar-refractivity contribution in [3.8, 4) is 11.5 Å². The van der Waals surface area contributed by atoms with Crippen LogP contribution in [0.15, 0.2) is 35.2 Å². The molecule has 2 aromatic rings. The van der Waals surface area contributed by atoms with Gasteiger partial charge in [0, 0.05) is 5.02 Å². The van der Waals surface area contributed by atoms with Crippen LogP contribution in [-0.4, -0.2) is 30.3 Å². The van der Waals surface area contributed by atoms with Crippen LogP contribution < -0.4 is 9.47 Å². The van der Waals surface area contributed by atoms with Crippen molar-refractivity contribution in [1.82, 2.24) is 4.90 Å². The van der Waals surface area contributed by atoms with Gasteiger partial charge in [0.2, 0.25) is 0 Å². The van der Waals surface area contributed by atoms with Gasteiger partial charge in [-0.3, -0.25) is 14.5 Å². The Balaban J connectivity index is 1.88. The van der Waals surface area contributed by atoms with Gasteiger partial charge < -0.3 is 9.47 Å². The number of hydrogen-bond acceptors (Lipinski definition) is 5. The van der Waals surface area contributed by atoms with Crippen molar-refractivity contribution in [2.75, 3.05) is 14.2 Å². The van der Waals surface area contributed by atoms with Gasteiger partial charge in [0.1, 0.15) is 5.82 Å². The second-order valence-electron chi connectivity index (χ2n) is 5.74. The number of benzene rings is 2. The Bertz CT molecular complexity index is 998. The van der Waals surface area contributed by atoms with Crippen LogP contribution in [-0.2, 0) is 11.3 Å². The van der Waals surface area contributed by atoms with Crippen LogP contribution in [0.1, 0.15) is 11.1 Å². The molecular weight excluding hydrogens is 520 g/mol. The number of amides is 2. The van der Waals surface area contributed by atoms with Crippen molar-refractivity contribution in [3.63, 3.8) is 0 Å². The first-order valence-corrected chi connectivity index (χ1v) is 10.2. The highest BCUT2D eigenvalue weighted by molar-refractivity contribution is 14.1. The number of ether oxygens (including phenoxy) is 2. The van der Waals surface area contributed by atoms with Gasteiger partial charge in [-0.1, -0.05) is 17.7 Å². The molecular formula is C19H14ClFINO4S. The van der Waals surface area contributed by atoms with Gasteiger partial charge in [0.25, 0.3) is 11.1 Å². The monoisotopic (exact) mass is 533 g/mol. The van der Waals surface area contributed by atoms with Crippen LogP contribution in [0.2, 0.25) is 5.02 Å². The fourth-order valence-electron chi connectivity index (χ4n) is 2.63. The standard InChI is InChI=1S/C19H14ClFINO4S/c1-26-15-6-10(5-14(22)17(15)27-2)7-16-18(24)23(19(25)28-16)9-11-3-4-12(21)8-13(11)20/h3-8H,9H2,1-2H3/b16-7-. The van der Waals surface area contributed by atoms with Crippen molar-refractivity contribution in [1.29, 1.82) is 0 Å². The van der Waals surface area contributed by atoms with Gasteiger partial charge in [-0.15, -0.1) is 0 Å². The molecule has 0 radical (unpaired) electrons. The van der Waals surface area contributed by atoms with Crippen LogP contribution >= 0.6 is 46.0 Å². The Labute approximate surface area is 184 Å². The average molecular weight is 534 g/mol. The molecule has 146 valence electrons. The van der Waals surface area contributed by atoms with Crippen LogP contribution in [0, 0.1) is 9.39 Å². The van der Waals surface area contributed by atoms with E-state index in [0.717, 1.165) is 26.3 Å². The predicted octanol–water partition coefficient (Wildman–Crippen LogP) is 5.34. The maximum Gasteiger partial charge on any atom is 0.293 e. The molecule has 1 heterocycles. The minimum absolute atomic E-state index is 0.0232. The molecule has 2 aromatic carbocycles. The quantitative estimate of drug-likeness (QED) is 0.384. The van der Waals surface area contributed by atoms with E-state index in [-0.39, 0.29) is 16.5 Å². The van der Waals surface area contributed by atoms with E-state index in [1.807, 2.05) is 6.07 Å². The zero-order chi connectivity index (χ0) is 20.4. The first-order valence-electron chi connectivity index (χ1n) is 7.95. The van der Waals surface area contributed by atoms with E-state index in [1.165, 1.54) is 19.2 Å². The molecule has 0 saturated carbocycles. The summed E-state index contributed by atoms with van der Waals surface area (Å²) in [6.07, 6.45) is 1.63. The summed E-state index contributed by atoms with van der Waals surface area (Å²) in [6, 6.07) is 7.40. The molecule has 1 aliphatic heterocycles. The maximum atomic E-state index is 13.2. The Morgan fingerprint density at radius 3 is 2.61 bits per heavy atom. The molecule has 3 rings (SSSR count). The van der Waals surface area contributed by atoms with Gasteiger partial charge in [-0.25, -0.2) is 4.39 Å². The second-order valence-corrected chi connectivity index (χ2v) is 8.30. The Kier molecular flexibility index (Phi) is 6.51. The van der Waals surface area contributed by atoms with E-state index in [1.54, 1.807) is 19.3 Å². The van der Waals surface area contributed by atoms with Crippen LogP contribution in [0.3, 0.4) is 0 Å². The molecule has 0 unspecified atom stereocenters. The number of imide groups is 1. The van der Waals surface area contributed by atoms with Crippen molar-refractivity contribution in [2.45, 2.75) is 6.54 Å². The molecule has 1 fully saturated rings. The van der Waals surface area contributed by atoms with Gasteiger partial charge >= 0.3 is 0 Å². The third kappa shape index (κ3) is 4.28. The summed E-state index contributed by atoms with van der Waals surface area (Å²) >= 11 is 8.96. The van der Waals surface area contributed by atoms with Gasteiger partial charge in [0.15, 0.2) is 11.5 Å². The molecule has 0 spiro atoms. The summed E-state index contributed by atoms with van der Waals surface area (Å²) in [6.45, 7) is -0.0232. The lowest BCUT2D eigenvalue weighted by Gasteiger charge is -2.13. The van der Waals surface area contributed by atoms with Gasteiger partial charge in [-0.2, -0.15) is 0 Å². The molecule has 0 N–H and O–H groups in total. The Morgan fingerprint density at radius 2 is 1.96 bits per heavy atom. The molecule has 0 bridgehead atoms. The second kappa shape index (κ2) is 8.71. The number of hydrogen-bond donors (Lipinski definition) is 0. The van der Waals surface area contributed by atoms with Gasteiger partial charge in [0.05, 0.1) is 29.2 Å². The fourth-order valence-corrected chi connectivity index (χ4v) is 4.54. The van der Waals surface area contributed by atoms with Crippen LogP contribution in [0.5, 0.6) is 11.5 Å². The zero-order valence-electron chi connectivity index (χ0n) is 14.8. The molecule has 9 heteroatoms.